The number of hydrogen-bond donors (Lipinski definition) is 1. The lowest BCUT2D eigenvalue weighted by atomic mass is 10.4. The Hall–Kier alpha value is -0.750. The van der Waals surface area contributed by atoms with Crippen molar-refractivity contribution in [3.8, 4) is 0 Å². The van der Waals surface area contributed by atoms with E-state index in [0.29, 0.717) is 5.13 Å². The fourth-order valence-corrected chi connectivity index (χ4v) is 2.28. The molecule has 13 heavy (non-hydrogen) atoms. The molecule has 0 fully saturated rings. The molecule has 1 amide bonds. The number of amides is 1. The van der Waals surface area contributed by atoms with Crippen molar-refractivity contribution in [3.63, 3.8) is 0 Å². The van der Waals surface area contributed by atoms with Crippen LogP contribution in [-0.4, -0.2) is 22.4 Å². The van der Waals surface area contributed by atoms with Crippen LogP contribution in [0.4, 0.5) is 9.93 Å². The maximum absolute atomic E-state index is 10.7. The maximum Gasteiger partial charge on any atom is 0.424 e. The van der Waals surface area contributed by atoms with E-state index in [0.717, 1.165) is 26.8 Å². The van der Waals surface area contributed by atoms with E-state index in [9.17, 15) is 4.79 Å². The average molecular weight is 218 g/mol. The van der Waals surface area contributed by atoms with Gasteiger partial charge in [-0.1, -0.05) is 0 Å². The van der Waals surface area contributed by atoms with Crippen LogP contribution in [0.25, 0.3) is 0 Å². The molecule has 0 aromatic carbocycles. The number of carboxylic acid groups (broad SMARTS) is 1. The highest BCUT2D eigenvalue weighted by atomic mass is 32.2. The van der Waals surface area contributed by atoms with Gasteiger partial charge in [0, 0.05) is 11.1 Å². The first kappa shape index (κ1) is 10.3. The predicted octanol–water partition coefficient (Wildman–Crippen LogP) is 2.52. The van der Waals surface area contributed by atoms with Crippen molar-refractivity contribution in [2.24, 2.45) is 0 Å². The van der Waals surface area contributed by atoms with E-state index in [1.807, 2.05) is 13.8 Å². The molecular weight excluding hydrogens is 208 g/mol. The molecule has 0 aliphatic heterocycles. The van der Waals surface area contributed by atoms with Gasteiger partial charge in [0.05, 0.1) is 5.69 Å². The Morgan fingerprint density at radius 2 is 2.23 bits per heavy atom. The van der Waals surface area contributed by atoms with Crippen molar-refractivity contribution >= 4 is 34.5 Å². The van der Waals surface area contributed by atoms with Gasteiger partial charge < -0.3 is 5.11 Å². The highest BCUT2D eigenvalue weighted by Crippen LogP contribution is 2.28. The van der Waals surface area contributed by atoms with Gasteiger partial charge >= 0.3 is 6.09 Å². The van der Waals surface area contributed by atoms with Crippen LogP contribution in [0, 0.1) is 13.8 Å². The van der Waals surface area contributed by atoms with Crippen LogP contribution in [0.1, 0.15) is 10.6 Å². The third-order valence-electron chi connectivity index (χ3n) is 1.55. The summed E-state index contributed by atoms with van der Waals surface area (Å²) in [6.07, 6.45) is 0.724. The lowest BCUT2D eigenvalue weighted by Gasteiger charge is -2.10. The summed E-state index contributed by atoms with van der Waals surface area (Å²) in [5, 5.41) is 9.32. The number of aromatic nitrogens is 1. The molecule has 0 saturated carbocycles. The summed E-state index contributed by atoms with van der Waals surface area (Å²) in [5.74, 6) is 0. The molecule has 1 aromatic heterocycles. The quantitative estimate of drug-likeness (QED) is 0.775. The zero-order valence-electron chi connectivity index (χ0n) is 7.57. The second-order valence-electron chi connectivity index (χ2n) is 2.40. The zero-order chi connectivity index (χ0) is 10.0. The first-order valence-electron chi connectivity index (χ1n) is 3.57. The Kier molecular flexibility index (Phi) is 3.16. The molecule has 72 valence electrons. The molecule has 1 N–H and O–H groups in total. The van der Waals surface area contributed by atoms with E-state index in [1.165, 1.54) is 11.3 Å². The van der Waals surface area contributed by atoms with Gasteiger partial charge in [-0.3, -0.25) is 0 Å². The Labute approximate surface area is 84.7 Å². The van der Waals surface area contributed by atoms with Crippen molar-refractivity contribution in [2.45, 2.75) is 13.8 Å². The van der Waals surface area contributed by atoms with Crippen molar-refractivity contribution < 1.29 is 9.90 Å². The molecule has 0 unspecified atom stereocenters. The van der Waals surface area contributed by atoms with E-state index in [1.54, 1.807) is 6.26 Å². The molecule has 0 radical (unpaired) electrons. The number of hydrogen-bond acceptors (Lipinski definition) is 4. The monoisotopic (exact) mass is 218 g/mol. The van der Waals surface area contributed by atoms with E-state index in [4.69, 9.17) is 5.11 Å². The highest BCUT2D eigenvalue weighted by Gasteiger charge is 2.17. The molecule has 0 aliphatic carbocycles. The number of thiazole rings is 1. The van der Waals surface area contributed by atoms with E-state index >= 15 is 0 Å². The fraction of sp³-hybridized carbons (Fsp3) is 0.429. The number of carbonyl (C=O) groups is 1. The fourth-order valence-electron chi connectivity index (χ4n) is 0.781. The third-order valence-corrected chi connectivity index (χ3v) is 3.42. The van der Waals surface area contributed by atoms with Gasteiger partial charge in [-0.25, -0.2) is 9.78 Å². The van der Waals surface area contributed by atoms with Crippen LogP contribution < -0.4 is 4.31 Å². The third kappa shape index (κ3) is 2.13. The second-order valence-corrected chi connectivity index (χ2v) is 4.31. The summed E-state index contributed by atoms with van der Waals surface area (Å²) < 4.78 is 1.16. The van der Waals surface area contributed by atoms with Gasteiger partial charge in [0.1, 0.15) is 0 Å². The maximum atomic E-state index is 10.7. The standard InChI is InChI=1S/C7H10N2O2S2/c1-4-5(2)13-6(8-4)9(12-3)7(10)11/h1-3H3,(H,10,11). The molecule has 0 aliphatic rings. The number of rotatable bonds is 2. The topological polar surface area (TPSA) is 53.4 Å². The number of aryl methyl sites for hydroxylation is 2. The molecule has 0 saturated heterocycles. The van der Waals surface area contributed by atoms with Crippen molar-refractivity contribution in [3.05, 3.63) is 10.6 Å². The van der Waals surface area contributed by atoms with Gasteiger partial charge in [0.2, 0.25) is 5.13 Å². The van der Waals surface area contributed by atoms with Crippen LogP contribution in [0.3, 0.4) is 0 Å². The Morgan fingerprint density at radius 3 is 2.54 bits per heavy atom. The average Bonchev–Trinajstić information content (AvgIpc) is 2.32. The smallest absolute Gasteiger partial charge is 0.424 e. The van der Waals surface area contributed by atoms with Gasteiger partial charge in [0.15, 0.2) is 0 Å². The second kappa shape index (κ2) is 3.97. The molecule has 4 nitrogen and oxygen atoms in total. The van der Waals surface area contributed by atoms with Crippen molar-refractivity contribution in [2.75, 3.05) is 10.6 Å². The molecule has 0 atom stereocenters. The molecule has 1 aromatic rings. The summed E-state index contributed by atoms with van der Waals surface area (Å²) in [4.78, 5) is 15.9. The van der Waals surface area contributed by atoms with Crippen LogP contribution in [0.2, 0.25) is 0 Å². The Bertz CT molecular complexity index is 305. The predicted molar refractivity (Wildman–Crippen MR) is 55.6 cm³/mol. The van der Waals surface area contributed by atoms with Crippen LogP contribution in [-0.2, 0) is 0 Å². The molecule has 0 bridgehead atoms. The van der Waals surface area contributed by atoms with Gasteiger partial charge in [-0.05, 0) is 25.8 Å². The van der Waals surface area contributed by atoms with Crippen LogP contribution in [0.5, 0.6) is 0 Å². The normalized spacial score (nSPS) is 10.1. The highest BCUT2D eigenvalue weighted by molar-refractivity contribution is 8.00. The van der Waals surface area contributed by atoms with Crippen LogP contribution >= 0.6 is 23.3 Å². The van der Waals surface area contributed by atoms with Gasteiger partial charge in [0.25, 0.3) is 0 Å². The minimum Gasteiger partial charge on any atom is -0.464 e. The zero-order valence-corrected chi connectivity index (χ0v) is 9.20. The number of anilines is 1. The van der Waals surface area contributed by atoms with Gasteiger partial charge in [-0.2, -0.15) is 4.31 Å². The lowest BCUT2D eigenvalue weighted by molar-refractivity contribution is 0.206. The van der Waals surface area contributed by atoms with Crippen molar-refractivity contribution in [1.29, 1.82) is 0 Å². The largest absolute Gasteiger partial charge is 0.464 e. The number of nitrogens with zero attached hydrogens (tertiary/aromatic N) is 2. The SMILES string of the molecule is CSN(C(=O)O)c1nc(C)c(C)s1. The van der Waals surface area contributed by atoms with E-state index in [-0.39, 0.29) is 0 Å². The summed E-state index contributed by atoms with van der Waals surface area (Å²) >= 11 is 2.52. The lowest BCUT2D eigenvalue weighted by Crippen LogP contribution is -2.20. The Morgan fingerprint density at radius 1 is 1.62 bits per heavy atom. The molecular formula is C7H10N2O2S2. The summed E-state index contributed by atoms with van der Waals surface area (Å²) in [5.41, 5.74) is 0.889. The molecule has 0 spiro atoms. The summed E-state index contributed by atoms with van der Waals surface area (Å²) in [6, 6.07) is 0. The van der Waals surface area contributed by atoms with E-state index < -0.39 is 6.09 Å². The van der Waals surface area contributed by atoms with Crippen molar-refractivity contribution in [1.82, 2.24) is 4.98 Å². The molecule has 1 rings (SSSR count). The molecule has 1 heterocycles. The summed E-state index contributed by atoms with van der Waals surface area (Å²) in [6.45, 7) is 3.80. The minimum atomic E-state index is -0.985. The van der Waals surface area contributed by atoms with Gasteiger partial charge in [-0.15, -0.1) is 11.3 Å². The van der Waals surface area contributed by atoms with Crippen LogP contribution in [0.15, 0.2) is 0 Å². The minimum absolute atomic E-state index is 0.523. The first-order chi connectivity index (χ1) is 6.06. The molecule has 6 heteroatoms. The Balaban J connectivity index is 2.98. The first-order valence-corrected chi connectivity index (χ1v) is 5.57. The van der Waals surface area contributed by atoms with E-state index in [2.05, 4.69) is 4.98 Å². The summed E-state index contributed by atoms with van der Waals surface area (Å²) in [7, 11) is 0.